The molecule has 1 amide bonds. The van der Waals surface area contributed by atoms with Crippen molar-refractivity contribution in [1.82, 2.24) is 5.32 Å². The zero-order chi connectivity index (χ0) is 12.3. The van der Waals surface area contributed by atoms with Crippen molar-refractivity contribution < 1.29 is 4.79 Å². The molecule has 18 heavy (non-hydrogen) atoms. The van der Waals surface area contributed by atoms with E-state index in [2.05, 4.69) is 5.32 Å². The summed E-state index contributed by atoms with van der Waals surface area (Å²) in [6.07, 6.45) is 2.86. The third kappa shape index (κ3) is 4.00. The number of hydrogen-bond donors (Lipinski definition) is 2. The van der Waals surface area contributed by atoms with Gasteiger partial charge in [0, 0.05) is 12.6 Å². The van der Waals surface area contributed by atoms with E-state index < -0.39 is 0 Å². The third-order valence-corrected chi connectivity index (χ3v) is 3.40. The minimum absolute atomic E-state index is 0. The summed E-state index contributed by atoms with van der Waals surface area (Å²) in [7, 11) is 0. The highest BCUT2D eigenvalue weighted by Crippen LogP contribution is 2.32. The number of amides is 1. The molecule has 3 nitrogen and oxygen atoms in total. The Bertz CT molecular complexity index is 405. The predicted octanol–water partition coefficient (Wildman–Crippen LogP) is 1.81. The van der Waals surface area contributed by atoms with Gasteiger partial charge in [-0.3, -0.25) is 4.79 Å². The molecule has 0 heterocycles. The average Bonchev–Trinajstić information content (AvgIpc) is 3.13. The summed E-state index contributed by atoms with van der Waals surface area (Å²) >= 11 is 0. The molecule has 1 aromatic carbocycles. The Morgan fingerprint density at radius 3 is 2.67 bits per heavy atom. The second-order valence-electron chi connectivity index (χ2n) is 4.85. The number of carbonyl (C=O) groups excluding carboxylic acids is 1. The highest BCUT2D eigenvalue weighted by Gasteiger charge is 2.31. The van der Waals surface area contributed by atoms with E-state index in [-0.39, 0.29) is 24.4 Å². The van der Waals surface area contributed by atoms with Gasteiger partial charge in [0.05, 0.1) is 6.42 Å². The van der Waals surface area contributed by atoms with Crippen LogP contribution in [0.1, 0.15) is 24.0 Å². The SMILES string of the molecule is Cc1ccccc1CC(=O)NC(CN)C1CC1.Cl. The second-order valence-corrected chi connectivity index (χ2v) is 4.85. The number of nitrogens with two attached hydrogens (primary N) is 1. The fraction of sp³-hybridized carbons (Fsp3) is 0.500. The van der Waals surface area contributed by atoms with Crippen LogP contribution in [-0.4, -0.2) is 18.5 Å². The number of carbonyl (C=O) groups is 1. The van der Waals surface area contributed by atoms with Crippen molar-refractivity contribution in [2.75, 3.05) is 6.54 Å². The molecule has 0 saturated heterocycles. The summed E-state index contributed by atoms with van der Waals surface area (Å²) in [6, 6.07) is 8.17. The van der Waals surface area contributed by atoms with Crippen LogP contribution in [0.15, 0.2) is 24.3 Å². The maximum absolute atomic E-state index is 11.9. The van der Waals surface area contributed by atoms with E-state index in [1.165, 1.54) is 18.4 Å². The molecule has 0 spiro atoms. The van der Waals surface area contributed by atoms with Crippen molar-refractivity contribution >= 4 is 18.3 Å². The molecule has 1 aromatic rings. The summed E-state index contributed by atoms with van der Waals surface area (Å²) < 4.78 is 0. The average molecular weight is 269 g/mol. The van der Waals surface area contributed by atoms with Crippen molar-refractivity contribution in [3.8, 4) is 0 Å². The lowest BCUT2D eigenvalue weighted by Crippen LogP contribution is -2.42. The smallest absolute Gasteiger partial charge is 0.224 e. The molecule has 0 radical (unpaired) electrons. The first-order valence-electron chi connectivity index (χ1n) is 6.24. The van der Waals surface area contributed by atoms with Crippen LogP contribution in [-0.2, 0) is 11.2 Å². The number of hydrogen-bond acceptors (Lipinski definition) is 2. The Kier molecular flexibility index (Phi) is 5.63. The van der Waals surface area contributed by atoms with Crippen LogP contribution in [0.3, 0.4) is 0 Å². The summed E-state index contributed by atoms with van der Waals surface area (Å²) in [5.74, 6) is 0.697. The number of benzene rings is 1. The van der Waals surface area contributed by atoms with Gasteiger partial charge in [-0.1, -0.05) is 24.3 Å². The largest absolute Gasteiger partial charge is 0.352 e. The molecule has 1 fully saturated rings. The van der Waals surface area contributed by atoms with E-state index in [0.717, 1.165) is 5.56 Å². The standard InChI is InChI=1S/C14H20N2O.ClH/c1-10-4-2-3-5-12(10)8-14(17)16-13(9-15)11-6-7-11;/h2-5,11,13H,6-9,15H2,1H3,(H,16,17);1H. The normalized spacial score (nSPS) is 15.7. The van der Waals surface area contributed by atoms with Gasteiger partial charge in [0.15, 0.2) is 0 Å². The fourth-order valence-electron chi connectivity index (χ4n) is 2.11. The van der Waals surface area contributed by atoms with Gasteiger partial charge in [0.25, 0.3) is 0 Å². The zero-order valence-corrected chi connectivity index (χ0v) is 11.5. The quantitative estimate of drug-likeness (QED) is 0.856. The highest BCUT2D eigenvalue weighted by molar-refractivity contribution is 5.85. The molecular formula is C14H21ClN2O. The van der Waals surface area contributed by atoms with Crippen LogP contribution in [0, 0.1) is 12.8 Å². The Morgan fingerprint density at radius 1 is 1.44 bits per heavy atom. The first kappa shape index (κ1) is 15.0. The van der Waals surface area contributed by atoms with Crippen LogP contribution in [0.2, 0.25) is 0 Å². The van der Waals surface area contributed by atoms with Gasteiger partial charge >= 0.3 is 0 Å². The van der Waals surface area contributed by atoms with Gasteiger partial charge in [-0.05, 0) is 36.8 Å². The minimum atomic E-state index is 0. The topological polar surface area (TPSA) is 55.1 Å². The Balaban J connectivity index is 0.00000162. The molecular weight excluding hydrogens is 248 g/mol. The molecule has 0 aromatic heterocycles. The van der Waals surface area contributed by atoms with Gasteiger partial charge in [-0.2, -0.15) is 0 Å². The summed E-state index contributed by atoms with van der Waals surface area (Å²) in [5.41, 5.74) is 7.93. The van der Waals surface area contributed by atoms with Crippen LogP contribution >= 0.6 is 12.4 Å². The summed E-state index contributed by atoms with van der Waals surface area (Å²) in [6.45, 7) is 2.58. The van der Waals surface area contributed by atoms with Gasteiger partial charge in [0.2, 0.25) is 5.91 Å². The van der Waals surface area contributed by atoms with Crippen LogP contribution < -0.4 is 11.1 Å². The molecule has 0 bridgehead atoms. The fourth-order valence-corrected chi connectivity index (χ4v) is 2.11. The van der Waals surface area contributed by atoms with Crippen molar-refractivity contribution in [1.29, 1.82) is 0 Å². The Morgan fingerprint density at radius 2 is 2.11 bits per heavy atom. The van der Waals surface area contributed by atoms with E-state index in [1.54, 1.807) is 0 Å². The predicted molar refractivity (Wildman–Crippen MR) is 75.8 cm³/mol. The lowest BCUT2D eigenvalue weighted by atomic mass is 10.1. The van der Waals surface area contributed by atoms with E-state index in [1.807, 2.05) is 31.2 Å². The minimum Gasteiger partial charge on any atom is -0.352 e. The Hall–Kier alpha value is -1.06. The summed E-state index contributed by atoms with van der Waals surface area (Å²) in [4.78, 5) is 11.9. The first-order valence-corrected chi connectivity index (χ1v) is 6.24. The Labute approximate surface area is 115 Å². The molecule has 0 aliphatic heterocycles. The molecule has 2 rings (SSSR count). The van der Waals surface area contributed by atoms with Crippen LogP contribution in [0.4, 0.5) is 0 Å². The van der Waals surface area contributed by atoms with E-state index >= 15 is 0 Å². The number of halogens is 1. The molecule has 1 atom stereocenters. The molecule has 3 N–H and O–H groups in total. The first-order chi connectivity index (χ1) is 8.20. The lowest BCUT2D eigenvalue weighted by molar-refractivity contribution is -0.121. The molecule has 1 unspecified atom stereocenters. The van der Waals surface area contributed by atoms with Gasteiger partial charge in [-0.15, -0.1) is 12.4 Å². The number of rotatable bonds is 5. The molecule has 1 saturated carbocycles. The van der Waals surface area contributed by atoms with Gasteiger partial charge in [0.1, 0.15) is 0 Å². The molecule has 4 heteroatoms. The summed E-state index contributed by atoms with van der Waals surface area (Å²) in [5, 5.41) is 3.04. The zero-order valence-electron chi connectivity index (χ0n) is 10.7. The second kappa shape index (κ2) is 6.76. The molecule has 100 valence electrons. The van der Waals surface area contributed by atoms with Crippen LogP contribution in [0.5, 0.6) is 0 Å². The highest BCUT2D eigenvalue weighted by atomic mass is 35.5. The van der Waals surface area contributed by atoms with Gasteiger partial charge in [-0.25, -0.2) is 0 Å². The maximum atomic E-state index is 11.9. The van der Waals surface area contributed by atoms with Crippen molar-refractivity contribution in [2.45, 2.75) is 32.2 Å². The molecule has 1 aliphatic rings. The van der Waals surface area contributed by atoms with Crippen LogP contribution in [0.25, 0.3) is 0 Å². The monoisotopic (exact) mass is 268 g/mol. The third-order valence-electron chi connectivity index (χ3n) is 3.40. The van der Waals surface area contributed by atoms with Crippen molar-refractivity contribution in [3.63, 3.8) is 0 Å². The number of aryl methyl sites for hydroxylation is 1. The number of nitrogens with one attached hydrogen (secondary N) is 1. The van der Waals surface area contributed by atoms with Gasteiger partial charge < -0.3 is 11.1 Å². The maximum Gasteiger partial charge on any atom is 0.224 e. The van der Waals surface area contributed by atoms with Crippen molar-refractivity contribution in [2.24, 2.45) is 11.7 Å². The lowest BCUT2D eigenvalue weighted by Gasteiger charge is -2.16. The van der Waals surface area contributed by atoms with E-state index in [0.29, 0.717) is 18.9 Å². The molecule has 1 aliphatic carbocycles. The van der Waals surface area contributed by atoms with E-state index in [4.69, 9.17) is 5.73 Å². The van der Waals surface area contributed by atoms with Crippen molar-refractivity contribution in [3.05, 3.63) is 35.4 Å². The van der Waals surface area contributed by atoms with E-state index in [9.17, 15) is 4.79 Å².